The van der Waals surface area contributed by atoms with Crippen molar-refractivity contribution in [2.75, 3.05) is 0 Å². The molecule has 1 N–H and O–H groups in total. The number of rotatable bonds is 2. The predicted octanol–water partition coefficient (Wildman–Crippen LogP) is 2.55. The molecule has 3 heterocycles. The van der Waals surface area contributed by atoms with Crippen LogP contribution in [0.3, 0.4) is 0 Å². The molecule has 3 aromatic heterocycles. The van der Waals surface area contributed by atoms with E-state index in [1.807, 2.05) is 29.8 Å². The Morgan fingerprint density at radius 1 is 1.33 bits per heavy atom. The second-order valence-electron chi connectivity index (χ2n) is 4.72. The van der Waals surface area contributed by atoms with Crippen molar-refractivity contribution in [2.24, 2.45) is 0 Å². The van der Waals surface area contributed by atoms with Crippen molar-refractivity contribution in [2.45, 2.75) is 26.7 Å². The molecule has 0 aliphatic heterocycles. The van der Waals surface area contributed by atoms with Crippen LogP contribution < -0.4 is 0 Å². The molecular formula is C13H15N5. The first-order chi connectivity index (χ1) is 8.66. The quantitative estimate of drug-likeness (QED) is 0.750. The highest BCUT2D eigenvalue weighted by molar-refractivity contribution is 5.62. The van der Waals surface area contributed by atoms with Crippen molar-refractivity contribution in [3.63, 3.8) is 0 Å². The van der Waals surface area contributed by atoms with Crippen LogP contribution in [0.2, 0.25) is 0 Å². The average molecular weight is 241 g/mol. The van der Waals surface area contributed by atoms with E-state index in [4.69, 9.17) is 0 Å². The average Bonchev–Trinajstić information content (AvgIpc) is 2.97. The van der Waals surface area contributed by atoms with Gasteiger partial charge in [0, 0.05) is 24.0 Å². The van der Waals surface area contributed by atoms with Gasteiger partial charge in [-0.05, 0) is 18.9 Å². The topological polar surface area (TPSA) is 58.9 Å². The second kappa shape index (κ2) is 3.94. The molecule has 5 nitrogen and oxygen atoms in total. The Hall–Kier alpha value is -2.17. The molecule has 0 spiro atoms. The van der Waals surface area contributed by atoms with Crippen LogP contribution in [-0.2, 0) is 0 Å². The van der Waals surface area contributed by atoms with Crippen LogP contribution in [0.25, 0.3) is 16.9 Å². The first-order valence-electron chi connectivity index (χ1n) is 6.02. The van der Waals surface area contributed by atoms with Crippen LogP contribution in [0.5, 0.6) is 0 Å². The summed E-state index contributed by atoms with van der Waals surface area (Å²) in [5.41, 5.74) is 5.00. The van der Waals surface area contributed by atoms with Gasteiger partial charge in [0.05, 0.1) is 17.1 Å². The van der Waals surface area contributed by atoms with Gasteiger partial charge in [-0.2, -0.15) is 10.2 Å². The minimum Gasteiger partial charge on any atom is -0.278 e. The van der Waals surface area contributed by atoms with E-state index in [-0.39, 0.29) is 0 Å². The Morgan fingerprint density at radius 2 is 2.17 bits per heavy atom. The van der Waals surface area contributed by atoms with Gasteiger partial charge in [-0.1, -0.05) is 13.8 Å². The third kappa shape index (κ3) is 1.59. The highest BCUT2D eigenvalue weighted by Crippen LogP contribution is 2.22. The summed E-state index contributed by atoms with van der Waals surface area (Å²) in [7, 11) is 0. The van der Waals surface area contributed by atoms with E-state index < -0.39 is 0 Å². The summed E-state index contributed by atoms with van der Waals surface area (Å²) < 4.78 is 1.89. The molecule has 0 aromatic carbocycles. The van der Waals surface area contributed by atoms with Crippen LogP contribution in [0.1, 0.15) is 31.2 Å². The van der Waals surface area contributed by atoms with Gasteiger partial charge in [0.25, 0.3) is 0 Å². The first-order valence-corrected chi connectivity index (χ1v) is 6.02. The Balaban J connectivity index is 2.22. The number of fused-ring (bicyclic) bond motifs is 1. The van der Waals surface area contributed by atoms with E-state index in [1.54, 1.807) is 6.20 Å². The molecule has 0 fully saturated rings. The molecule has 3 rings (SSSR count). The summed E-state index contributed by atoms with van der Waals surface area (Å²) in [6, 6.07) is 3.97. The van der Waals surface area contributed by atoms with Gasteiger partial charge < -0.3 is 0 Å². The molecule has 0 unspecified atom stereocenters. The Morgan fingerprint density at radius 3 is 2.83 bits per heavy atom. The van der Waals surface area contributed by atoms with Crippen LogP contribution >= 0.6 is 0 Å². The Labute approximate surface area is 105 Å². The summed E-state index contributed by atoms with van der Waals surface area (Å²) in [6.45, 7) is 6.31. The lowest BCUT2D eigenvalue weighted by molar-refractivity contribution is 0.776. The fourth-order valence-electron chi connectivity index (χ4n) is 2.02. The molecule has 5 heteroatoms. The maximum atomic E-state index is 4.60. The summed E-state index contributed by atoms with van der Waals surface area (Å²) in [5, 5.41) is 11.5. The maximum absolute atomic E-state index is 4.60. The standard InChI is InChI=1S/C13H15N5/c1-8(2)12-6-13-14-7-10(9(3)18(13)17-12)11-4-5-15-16-11/h4-8H,1-3H3,(H,15,16). The van der Waals surface area contributed by atoms with Crippen molar-refractivity contribution in [3.05, 3.63) is 35.9 Å². The third-order valence-corrected chi connectivity index (χ3v) is 3.13. The Kier molecular flexibility index (Phi) is 2.40. The van der Waals surface area contributed by atoms with Crippen LogP contribution in [0.15, 0.2) is 24.5 Å². The van der Waals surface area contributed by atoms with Gasteiger partial charge in [0.1, 0.15) is 0 Å². The van der Waals surface area contributed by atoms with Gasteiger partial charge in [0.2, 0.25) is 0 Å². The summed E-state index contributed by atoms with van der Waals surface area (Å²) in [5.74, 6) is 0.404. The molecule has 0 radical (unpaired) electrons. The van der Waals surface area contributed by atoms with E-state index in [9.17, 15) is 0 Å². The lowest BCUT2D eigenvalue weighted by atomic mass is 10.1. The summed E-state index contributed by atoms with van der Waals surface area (Å²) >= 11 is 0. The number of nitrogens with zero attached hydrogens (tertiary/aromatic N) is 4. The minimum atomic E-state index is 0.404. The molecule has 0 bridgehead atoms. The predicted molar refractivity (Wildman–Crippen MR) is 69.4 cm³/mol. The van der Waals surface area contributed by atoms with Crippen LogP contribution in [0, 0.1) is 6.92 Å². The monoisotopic (exact) mass is 241 g/mol. The van der Waals surface area contributed by atoms with E-state index >= 15 is 0 Å². The van der Waals surface area contributed by atoms with Crippen LogP contribution in [-0.4, -0.2) is 24.8 Å². The molecule has 0 amide bonds. The normalized spacial score (nSPS) is 11.6. The molecule has 92 valence electrons. The molecule has 18 heavy (non-hydrogen) atoms. The van der Waals surface area contributed by atoms with E-state index in [1.165, 1.54) is 0 Å². The molecule has 0 saturated carbocycles. The fourth-order valence-corrected chi connectivity index (χ4v) is 2.02. The number of hydrogen-bond donors (Lipinski definition) is 1. The number of aromatic amines is 1. The number of aromatic nitrogens is 5. The molecule has 0 atom stereocenters. The molecule has 3 aromatic rings. The zero-order chi connectivity index (χ0) is 12.7. The highest BCUT2D eigenvalue weighted by Gasteiger charge is 2.12. The first kappa shape index (κ1) is 11.0. The molecular weight excluding hydrogens is 226 g/mol. The third-order valence-electron chi connectivity index (χ3n) is 3.13. The summed E-state index contributed by atoms with van der Waals surface area (Å²) in [6.07, 6.45) is 3.60. The van der Waals surface area contributed by atoms with Crippen molar-refractivity contribution in [1.82, 2.24) is 24.8 Å². The molecule has 0 saturated heterocycles. The van der Waals surface area contributed by atoms with E-state index in [0.29, 0.717) is 5.92 Å². The number of hydrogen-bond acceptors (Lipinski definition) is 3. The van der Waals surface area contributed by atoms with E-state index in [0.717, 1.165) is 28.3 Å². The molecule has 0 aliphatic carbocycles. The maximum Gasteiger partial charge on any atom is 0.155 e. The van der Waals surface area contributed by atoms with Gasteiger partial charge in [-0.25, -0.2) is 9.50 Å². The number of aryl methyl sites for hydroxylation is 1. The van der Waals surface area contributed by atoms with Crippen molar-refractivity contribution in [3.8, 4) is 11.3 Å². The van der Waals surface area contributed by atoms with Gasteiger partial charge in [0.15, 0.2) is 5.65 Å². The number of nitrogens with one attached hydrogen (secondary N) is 1. The van der Waals surface area contributed by atoms with E-state index in [2.05, 4.69) is 34.1 Å². The highest BCUT2D eigenvalue weighted by atomic mass is 15.3. The Bertz CT molecular complexity index is 679. The van der Waals surface area contributed by atoms with Crippen LogP contribution in [0.4, 0.5) is 0 Å². The number of H-pyrrole nitrogens is 1. The van der Waals surface area contributed by atoms with Gasteiger partial charge >= 0.3 is 0 Å². The fraction of sp³-hybridized carbons (Fsp3) is 0.308. The van der Waals surface area contributed by atoms with Crippen molar-refractivity contribution in [1.29, 1.82) is 0 Å². The smallest absolute Gasteiger partial charge is 0.155 e. The lowest BCUT2D eigenvalue weighted by Gasteiger charge is -2.04. The zero-order valence-electron chi connectivity index (χ0n) is 10.7. The second-order valence-corrected chi connectivity index (χ2v) is 4.72. The summed E-state index contributed by atoms with van der Waals surface area (Å²) in [4.78, 5) is 4.45. The van der Waals surface area contributed by atoms with Crippen molar-refractivity contribution >= 4 is 5.65 Å². The van der Waals surface area contributed by atoms with Crippen molar-refractivity contribution < 1.29 is 0 Å². The largest absolute Gasteiger partial charge is 0.278 e. The SMILES string of the molecule is Cc1c(-c2ccn[nH]2)cnc2cc(C(C)C)nn12. The molecule has 0 aliphatic rings. The lowest BCUT2D eigenvalue weighted by Crippen LogP contribution is -1.99. The zero-order valence-corrected chi connectivity index (χ0v) is 10.7. The minimum absolute atomic E-state index is 0.404. The van der Waals surface area contributed by atoms with Gasteiger partial charge in [-0.15, -0.1) is 0 Å². The van der Waals surface area contributed by atoms with Gasteiger partial charge in [-0.3, -0.25) is 5.10 Å².